The Morgan fingerprint density at radius 2 is 1.90 bits per heavy atom. The molecule has 0 amide bonds. The Bertz CT molecular complexity index is 602. The molecule has 0 aliphatic rings. The number of hydrogen-bond donors (Lipinski definition) is 2. The van der Waals surface area contributed by atoms with Crippen molar-refractivity contribution in [3.63, 3.8) is 0 Å². The zero-order chi connectivity index (χ0) is 15.7. The number of rotatable bonds is 4. The summed E-state index contributed by atoms with van der Waals surface area (Å²) in [6.45, 7) is -0.761. The monoisotopic (exact) mass is 321 g/mol. The van der Waals surface area contributed by atoms with Crippen molar-refractivity contribution in [1.82, 2.24) is 4.98 Å². The van der Waals surface area contributed by atoms with Crippen molar-refractivity contribution in [2.45, 2.75) is 24.4 Å². The molecule has 12 heteroatoms. The third-order valence-electron chi connectivity index (χ3n) is 2.04. The van der Waals surface area contributed by atoms with Gasteiger partial charge < -0.3 is 10.5 Å². The molecule has 1 aromatic heterocycles. The van der Waals surface area contributed by atoms with E-state index in [0.717, 1.165) is 0 Å². The van der Waals surface area contributed by atoms with Gasteiger partial charge in [0.25, 0.3) is 16.4 Å². The molecule has 0 unspecified atom stereocenters. The van der Waals surface area contributed by atoms with E-state index in [9.17, 15) is 30.4 Å². The number of ether oxygens (including phenoxy) is 1. The summed E-state index contributed by atoms with van der Waals surface area (Å²) in [4.78, 5) is 2.97. The molecule has 0 aliphatic carbocycles. The minimum absolute atomic E-state index is 0.353. The van der Waals surface area contributed by atoms with Gasteiger partial charge >= 0.3 is 6.36 Å². The molecule has 0 spiro atoms. The third kappa shape index (κ3) is 3.98. The van der Waals surface area contributed by atoms with Crippen molar-refractivity contribution in [1.29, 1.82) is 0 Å². The van der Waals surface area contributed by atoms with Crippen molar-refractivity contribution < 1.29 is 35.1 Å². The quantitative estimate of drug-likeness (QED) is 0.805. The Balaban J connectivity index is 3.58. The van der Waals surface area contributed by atoms with Gasteiger partial charge in [0.05, 0.1) is 0 Å². The van der Waals surface area contributed by atoms with Crippen molar-refractivity contribution in [2.75, 3.05) is 0 Å². The summed E-state index contributed by atoms with van der Waals surface area (Å²) in [6.07, 6.45) is -8.54. The summed E-state index contributed by atoms with van der Waals surface area (Å²) >= 11 is 0. The highest BCUT2D eigenvalue weighted by molar-refractivity contribution is 7.89. The standard InChI is InChI=1S/C8H8F5N3O3S/c9-6(10)3-1-5(20(15,17)18)16-7(4(3)2-14)19-8(11,12)13/h1,6H,2,14H2,(H2,15,17,18). The Kier molecular flexibility index (Phi) is 4.51. The number of nitrogens with zero attached hydrogens (tertiary/aromatic N) is 1. The molecule has 4 N–H and O–H groups in total. The molecule has 0 atom stereocenters. The second-order valence-electron chi connectivity index (χ2n) is 3.43. The maximum atomic E-state index is 12.7. The van der Waals surface area contributed by atoms with E-state index in [1.807, 2.05) is 0 Å². The van der Waals surface area contributed by atoms with E-state index in [1.54, 1.807) is 0 Å². The van der Waals surface area contributed by atoms with Gasteiger partial charge in [0, 0.05) is 17.7 Å². The van der Waals surface area contributed by atoms with Crippen LogP contribution in [0, 0.1) is 0 Å². The first-order valence-electron chi connectivity index (χ1n) is 4.76. The van der Waals surface area contributed by atoms with E-state index < -0.39 is 51.4 Å². The fourth-order valence-corrected chi connectivity index (χ4v) is 1.78. The van der Waals surface area contributed by atoms with Crippen molar-refractivity contribution in [3.8, 4) is 5.88 Å². The highest BCUT2D eigenvalue weighted by Crippen LogP contribution is 2.33. The summed E-state index contributed by atoms with van der Waals surface area (Å²) in [5.74, 6) is -1.37. The first kappa shape index (κ1) is 16.5. The third-order valence-corrected chi connectivity index (χ3v) is 2.83. The molecule has 1 rings (SSSR count). The minimum Gasteiger partial charge on any atom is -0.387 e. The molecule has 0 bridgehead atoms. The smallest absolute Gasteiger partial charge is 0.387 e. The predicted molar refractivity (Wildman–Crippen MR) is 55.1 cm³/mol. The summed E-state index contributed by atoms with van der Waals surface area (Å²) in [7, 11) is -4.59. The Morgan fingerprint density at radius 1 is 1.35 bits per heavy atom. The number of nitrogens with two attached hydrogens (primary N) is 2. The van der Waals surface area contributed by atoms with Gasteiger partial charge in [0.2, 0.25) is 5.88 Å². The average Bonchev–Trinajstić information content (AvgIpc) is 2.24. The van der Waals surface area contributed by atoms with E-state index in [-0.39, 0.29) is 0 Å². The molecule has 114 valence electrons. The van der Waals surface area contributed by atoms with Crippen LogP contribution in [0.15, 0.2) is 11.1 Å². The molecule has 0 fully saturated rings. The van der Waals surface area contributed by atoms with Crippen LogP contribution in [-0.4, -0.2) is 19.8 Å². The van der Waals surface area contributed by atoms with Crippen molar-refractivity contribution in [2.24, 2.45) is 10.9 Å². The highest BCUT2D eigenvalue weighted by Gasteiger charge is 2.35. The molecular weight excluding hydrogens is 313 g/mol. The van der Waals surface area contributed by atoms with Crippen molar-refractivity contribution >= 4 is 10.0 Å². The largest absolute Gasteiger partial charge is 0.574 e. The molecule has 0 saturated carbocycles. The molecule has 0 aromatic carbocycles. The number of aromatic nitrogens is 1. The second-order valence-corrected chi connectivity index (χ2v) is 4.94. The second kappa shape index (κ2) is 5.46. The summed E-state index contributed by atoms with van der Waals surface area (Å²) < 4.78 is 87.4. The molecule has 6 nitrogen and oxygen atoms in total. The van der Waals surface area contributed by atoms with Crippen LogP contribution in [0.25, 0.3) is 0 Å². The van der Waals surface area contributed by atoms with Crippen LogP contribution in [0.1, 0.15) is 17.6 Å². The van der Waals surface area contributed by atoms with Crippen LogP contribution in [-0.2, 0) is 16.6 Å². The summed E-state index contributed by atoms with van der Waals surface area (Å²) in [5.41, 5.74) is 3.26. The van der Waals surface area contributed by atoms with E-state index in [0.29, 0.717) is 6.07 Å². The fourth-order valence-electron chi connectivity index (χ4n) is 1.28. The van der Waals surface area contributed by atoms with Crippen LogP contribution in [0.3, 0.4) is 0 Å². The lowest BCUT2D eigenvalue weighted by Crippen LogP contribution is -2.23. The SMILES string of the molecule is NCc1c(C(F)F)cc(S(N)(=O)=O)nc1OC(F)(F)F. The maximum absolute atomic E-state index is 12.7. The first-order valence-corrected chi connectivity index (χ1v) is 6.31. The topological polar surface area (TPSA) is 108 Å². The highest BCUT2D eigenvalue weighted by atomic mass is 32.2. The predicted octanol–water partition coefficient (Wildman–Crippen LogP) is 1.02. The lowest BCUT2D eigenvalue weighted by molar-refractivity contribution is -0.276. The van der Waals surface area contributed by atoms with Crippen LogP contribution >= 0.6 is 0 Å². The number of primary sulfonamides is 1. The van der Waals surface area contributed by atoms with E-state index in [1.165, 1.54) is 0 Å². The molecule has 20 heavy (non-hydrogen) atoms. The van der Waals surface area contributed by atoms with Gasteiger partial charge in [-0.05, 0) is 6.07 Å². The van der Waals surface area contributed by atoms with Gasteiger partial charge in [-0.1, -0.05) is 0 Å². The Labute approximate surface area is 109 Å². The number of pyridine rings is 1. The van der Waals surface area contributed by atoms with E-state index >= 15 is 0 Å². The normalized spacial score (nSPS) is 12.8. The number of sulfonamides is 1. The van der Waals surface area contributed by atoms with E-state index in [4.69, 9.17) is 5.73 Å². The van der Waals surface area contributed by atoms with Gasteiger partial charge in [-0.2, -0.15) is 4.98 Å². The fraction of sp³-hybridized carbons (Fsp3) is 0.375. The Morgan fingerprint density at radius 3 is 2.25 bits per heavy atom. The molecule has 0 saturated heterocycles. The van der Waals surface area contributed by atoms with Gasteiger partial charge in [0.1, 0.15) is 0 Å². The van der Waals surface area contributed by atoms with Gasteiger partial charge in [-0.3, -0.25) is 0 Å². The minimum atomic E-state index is -5.26. The van der Waals surface area contributed by atoms with Crippen LogP contribution in [0.2, 0.25) is 0 Å². The van der Waals surface area contributed by atoms with Gasteiger partial charge in [-0.15, -0.1) is 13.2 Å². The van der Waals surface area contributed by atoms with Crippen LogP contribution < -0.4 is 15.6 Å². The number of alkyl halides is 5. The molecular formula is C8H8F5N3O3S. The van der Waals surface area contributed by atoms with Gasteiger partial charge in [0.15, 0.2) is 5.03 Å². The summed E-state index contributed by atoms with van der Waals surface area (Å²) in [5, 5.41) is 3.47. The van der Waals surface area contributed by atoms with E-state index in [2.05, 4.69) is 14.9 Å². The first-order chi connectivity index (χ1) is 8.95. The van der Waals surface area contributed by atoms with Crippen LogP contribution in [0.4, 0.5) is 22.0 Å². The summed E-state index contributed by atoms with van der Waals surface area (Å²) in [6, 6.07) is 0.353. The Hall–Kier alpha value is -1.53. The maximum Gasteiger partial charge on any atom is 0.574 e. The average molecular weight is 321 g/mol. The number of halogens is 5. The molecule has 1 aromatic rings. The van der Waals surface area contributed by atoms with Gasteiger partial charge in [-0.25, -0.2) is 22.3 Å². The van der Waals surface area contributed by atoms with Crippen molar-refractivity contribution in [3.05, 3.63) is 17.2 Å². The zero-order valence-electron chi connectivity index (χ0n) is 9.49. The molecule has 0 aliphatic heterocycles. The lowest BCUT2D eigenvalue weighted by atomic mass is 10.1. The molecule has 0 radical (unpaired) electrons. The number of hydrogen-bond acceptors (Lipinski definition) is 5. The molecule has 1 heterocycles. The van der Waals surface area contributed by atoms with Crippen LogP contribution in [0.5, 0.6) is 5.88 Å². The lowest BCUT2D eigenvalue weighted by Gasteiger charge is -2.15. The zero-order valence-corrected chi connectivity index (χ0v) is 10.3.